The summed E-state index contributed by atoms with van der Waals surface area (Å²) in [5, 5.41) is 11.3. The summed E-state index contributed by atoms with van der Waals surface area (Å²) in [5.74, 6) is -0.550. The number of aromatic amines is 1. The molecular weight excluding hydrogens is 410 g/mol. The lowest BCUT2D eigenvalue weighted by molar-refractivity contribution is -0.174. The van der Waals surface area contributed by atoms with Crippen molar-refractivity contribution in [1.82, 2.24) is 9.88 Å². The number of hydrogen-bond donors (Lipinski definition) is 2. The quantitative estimate of drug-likeness (QED) is 0.613. The Bertz CT molecular complexity index is 1170. The van der Waals surface area contributed by atoms with E-state index in [-0.39, 0.29) is 36.0 Å². The van der Waals surface area contributed by atoms with Crippen molar-refractivity contribution in [3.05, 3.63) is 71.4 Å². The second-order valence-corrected chi connectivity index (χ2v) is 10.00. The Balaban J connectivity index is 1.37. The van der Waals surface area contributed by atoms with E-state index in [9.17, 15) is 18.7 Å². The van der Waals surface area contributed by atoms with Gasteiger partial charge in [-0.05, 0) is 73.4 Å². The number of amides is 1. The van der Waals surface area contributed by atoms with Crippen LogP contribution in [-0.2, 0) is 4.79 Å². The van der Waals surface area contributed by atoms with Crippen molar-refractivity contribution in [2.75, 3.05) is 0 Å². The molecule has 0 radical (unpaired) electrons. The number of benzene rings is 2. The number of piperidine rings is 2. The summed E-state index contributed by atoms with van der Waals surface area (Å²) in [6.07, 6.45) is 6.01. The van der Waals surface area contributed by atoms with Crippen molar-refractivity contribution in [2.24, 2.45) is 5.92 Å². The van der Waals surface area contributed by atoms with Gasteiger partial charge < -0.3 is 15.0 Å². The van der Waals surface area contributed by atoms with E-state index in [0.717, 1.165) is 24.8 Å². The number of halogens is 2. The van der Waals surface area contributed by atoms with Crippen LogP contribution in [0.5, 0.6) is 0 Å². The molecule has 2 aromatic carbocycles. The number of rotatable bonds is 4. The Labute approximate surface area is 185 Å². The van der Waals surface area contributed by atoms with Crippen LogP contribution in [0.3, 0.4) is 0 Å². The number of H-pyrrole nitrogens is 1. The van der Waals surface area contributed by atoms with Gasteiger partial charge in [-0.1, -0.05) is 18.2 Å². The minimum Gasteiger partial charge on any atom is -0.390 e. The standard InChI is InChI=1S/C26H26F2N2O2/c27-17-6-4-16(5-7-17)20(21-14-29-23-3-1-2-22(28)25(21)23)10-24(31)30-18-8-15-9-19(30)13-26(32,11-15)12-18/h1-7,14-15,18-20,29,32H,8-13H2. The van der Waals surface area contributed by atoms with Gasteiger partial charge in [-0.25, -0.2) is 8.78 Å². The predicted molar refractivity (Wildman–Crippen MR) is 117 cm³/mol. The summed E-state index contributed by atoms with van der Waals surface area (Å²) in [5.41, 5.74) is 1.55. The van der Waals surface area contributed by atoms with Gasteiger partial charge in [0.25, 0.3) is 0 Å². The number of carbonyl (C=O) groups excluding carboxylic acids is 1. The summed E-state index contributed by atoms with van der Waals surface area (Å²) in [6, 6.07) is 11.2. The van der Waals surface area contributed by atoms with Crippen LogP contribution in [0.2, 0.25) is 0 Å². The van der Waals surface area contributed by atoms with E-state index in [1.807, 2.05) is 11.0 Å². The fourth-order valence-corrected chi connectivity index (χ4v) is 6.82. The van der Waals surface area contributed by atoms with Gasteiger partial charge in [-0.3, -0.25) is 4.79 Å². The van der Waals surface area contributed by atoms with Crippen molar-refractivity contribution in [3.8, 4) is 0 Å². The third-order valence-electron chi connectivity index (χ3n) is 7.90. The van der Waals surface area contributed by atoms with Gasteiger partial charge in [0.15, 0.2) is 0 Å². The van der Waals surface area contributed by atoms with Crippen molar-refractivity contribution >= 4 is 16.8 Å². The second-order valence-electron chi connectivity index (χ2n) is 10.00. The van der Waals surface area contributed by atoms with E-state index < -0.39 is 11.5 Å². The summed E-state index contributed by atoms with van der Waals surface area (Å²) >= 11 is 0. The molecule has 2 saturated heterocycles. The molecule has 7 rings (SSSR count). The fourth-order valence-electron chi connectivity index (χ4n) is 6.82. The molecule has 4 fully saturated rings. The first-order chi connectivity index (χ1) is 15.4. The summed E-state index contributed by atoms with van der Waals surface area (Å²) in [4.78, 5) is 18.8. The second kappa shape index (κ2) is 7.14. The van der Waals surface area contributed by atoms with Crippen LogP contribution < -0.4 is 0 Å². The largest absolute Gasteiger partial charge is 0.390 e. The maximum absolute atomic E-state index is 14.8. The molecule has 2 saturated carbocycles. The lowest BCUT2D eigenvalue weighted by Crippen LogP contribution is -2.65. The lowest BCUT2D eigenvalue weighted by atomic mass is 9.61. The Morgan fingerprint density at radius 1 is 1.09 bits per heavy atom. The van der Waals surface area contributed by atoms with E-state index in [1.165, 1.54) is 18.2 Å². The lowest BCUT2D eigenvalue weighted by Gasteiger charge is -2.59. The Hall–Kier alpha value is -2.73. The van der Waals surface area contributed by atoms with Crippen LogP contribution in [0.1, 0.15) is 55.6 Å². The topological polar surface area (TPSA) is 56.3 Å². The Morgan fingerprint density at radius 3 is 2.50 bits per heavy atom. The van der Waals surface area contributed by atoms with E-state index in [4.69, 9.17) is 0 Å². The maximum atomic E-state index is 14.8. The van der Waals surface area contributed by atoms with Gasteiger partial charge in [0, 0.05) is 41.5 Å². The first-order valence-corrected chi connectivity index (χ1v) is 11.4. The maximum Gasteiger partial charge on any atom is 0.224 e. The summed E-state index contributed by atoms with van der Waals surface area (Å²) in [6.45, 7) is 0. The normalized spacial score (nSPS) is 29.6. The van der Waals surface area contributed by atoms with Gasteiger partial charge in [-0.15, -0.1) is 0 Å². The number of fused-ring (bicyclic) bond motifs is 1. The molecule has 1 amide bonds. The van der Waals surface area contributed by atoms with Crippen LogP contribution >= 0.6 is 0 Å². The Kier molecular flexibility index (Phi) is 4.44. The molecule has 3 atom stereocenters. The van der Waals surface area contributed by atoms with E-state index in [2.05, 4.69) is 4.98 Å². The highest BCUT2D eigenvalue weighted by atomic mass is 19.1. The minimum atomic E-state index is -0.621. The number of aliphatic hydroxyl groups is 1. The Morgan fingerprint density at radius 2 is 1.81 bits per heavy atom. The zero-order valence-electron chi connectivity index (χ0n) is 17.7. The third kappa shape index (κ3) is 3.15. The van der Waals surface area contributed by atoms with Crippen molar-refractivity contribution in [3.63, 3.8) is 0 Å². The zero-order valence-corrected chi connectivity index (χ0v) is 17.7. The van der Waals surface area contributed by atoms with Crippen molar-refractivity contribution in [2.45, 2.75) is 62.1 Å². The van der Waals surface area contributed by atoms with E-state index in [1.54, 1.807) is 24.4 Å². The fraction of sp³-hybridized carbons (Fsp3) is 0.423. The SMILES string of the molecule is O=C(CC(c1ccc(F)cc1)c1c[nH]c2cccc(F)c12)N1C2CC3CC1CC(O)(C3)C2. The molecule has 3 unspecified atom stereocenters. The van der Waals surface area contributed by atoms with E-state index in [0.29, 0.717) is 35.2 Å². The average Bonchev–Trinajstić information content (AvgIpc) is 3.16. The van der Waals surface area contributed by atoms with Gasteiger partial charge in [0.05, 0.1) is 5.60 Å². The molecule has 1 aromatic heterocycles. The molecule has 32 heavy (non-hydrogen) atoms. The highest BCUT2D eigenvalue weighted by Gasteiger charge is 2.55. The minimum absolute atomic E-state index is 0.0300. The van der Waals surface area contributed by atoms with Gasteiger partial charge in [0.1, 0.15) is 11.6 Å². The molecule has 2 N–H and O–H groups in total. The van der Waals surface area contributed by atoms with Crippen molar-refractivity contribution in [1.29, 1.82) is 0 Å². The van der Waals surface area contributed by atoms with Crippen LogP contribution in [0.4, 0.5) is 8.78 Å². The smallest absolute Gasteiger partial charge is 0.224 e. The molecule has 4 bridgehead atoms. The van der Waals surface area contributed by atoms with Crippen molar-refractivity contribution < 1.29 is 18.7 Å². The molecule has 3 aromatic rings. The van der Waals surface area contributed by atoms with Crippen LogP contribution in [-0.4, -0.2) is 38.6 Å². The molecule has 2 aliphatic heterocycles. The third-order valence-corrected chi connectivity index (χ3v) is 7.90. The van der Waals surface area contributed by atoms with Gasteiger partial charge >= 0.3 is 0 Å². The predicted octanol–water partition coefficient (Wildman–Crippen LogP) is 4.87. The average molecular weight is 437 g/mol. The first-order valence-electron chi connectivity index (χ1n) is 11.4. The molecular formula is C26H26F2N2O2. The molecule has 2 aliphatic carbocycles. The number of carbonyl (C=O) groups is 1. The number of nitrogens with one attached hydrogen (secondary N) is 1. The highest BCUT2D eigenvalue weighted by molar-refractivity contribution is 5.86. The molecule has 0 spiro atoms. The summed E-state index contributed by atoms with van der Waals surface area (Å²) < 4.78 is 28.4. The molecule has 3 heterocycles. The zero-order chi connectivity index (χ0) is 22.0. The van der Waals surface area contributed by atoms with Crippen LogP contribution in [0.15, 0.2) is 48.7 Å². The molecule has 4 aliphatic rings. The number of nitrogens with zero attached hydrogens (tertiary/aromatic N) is 1. The van der Waals surface area contributed by atoms with E-state index >= 15 is 0 Å². The van der Waals surface area contributed by atoms with Gasteiger partial charge in [-0.2, -0.15) is 0 Å². The highest BCUT2D eigenvalue weighted by Crippen LogP contribution is 2.52. The molecule has 4 nitrogen and oxygen atoms in total. The monoisotopic (exact) mass is 436 g/mol. The van der Waals surface area contributed by atoms with Gasteiger partial charge in [0.2, 0.25) is 5.91 Å². The van der Waals surface area contributed by atoms with Crippen LogP contribution in [0, 0.1) is 17.6 Å². The number of aromatic nitrogens is 1. The molecule has 6 heteroatoms. The number of hydrogen-bond acceptors (Lipinski definition) is 2. The van der Waals surface area contributed by atoms with Crippen LogP contribution in [0.25, 0.3) is 10.9 Å². The first kappa shape index (κ1) is 19.9. The summed E-state index contributed by atoms with van der Waals surface area (Å²) in [7, 11) is 0. The molecule has 166 valence electrons.